The summed E-state index contributed by atoms with van der Waals surface area (Å²) in [6.07, 6.45) is 1.20. The molecular formula is C20H22FN7O2S. The fourth-order valence-corrected chi connectivity index (χ4v) is 5.49. The summed E-state index contributed by atoms with van der Waals surface area (Å²) in [6, 6.07) is 4.65. The number of rotatable bonds is 4. The van der Waals surface area contributed by atoms with Crippen LogP contribution in [0.4, 0.5) is 9.52 Å². The van der Waals surface area contributed by atoms with Gasteiger partial charge in [0.05, 0.1) is 11.6 Å². The van der Waals surface area contributed by atoms with Gasteiger partial charge in [-0.1, -0.05) is 17.4 Å². The summed E-state index contributed by atoms with van der Waals surface area (Å²) in [5.74, 6) is 0.436. The Morgan fingerprint density at radius 1 is 1.39 bits per heavy atom. The minimum atomic E-state index is -0.991. The van der Waals surface area contributed by atoms with Crippen molar-refractivity contribution < 1.29 is 9.50 Å². The van der Waals surface area contributed by atoms with Gasteiger partial charge in [0.25, 0.3) is 0 Å². The van der Waals surface area contributed by atoms with Gasteiger partial charge >= 0.3 is 5.69 Å². The van der Waals surface area contributed by atoms with Crippen molar-refractivity contribution in [3.63, 3.8) is 0 Å². The predicted octanol–water partition coefficient (Wildman–Crippen LogP) is 1.59. The topological polar surface area (TPSA) is 109 Å². The number of aromatic nitrogens is 5. The molecule has 2 unspecified atom stereocenters. The zero-order chi connectivity index (χ0) is 21.9. The van der Waals surface area contributed by atoms with E-state index in [-0.39, 0.29) is 23.5 Å². The molecule has 0 amide bonds. The molecule has 2 bridgehead atoms. The minimum Gasteiger partial charge on any atom is -0.507 e. The lowest BCUT2D eigenvalue weighted by Gasteiger charge is -2.37. The number of benzene rings is 1. The molecule has 5 rings (SSSR count). The highest BCUT2D eigenvalue weighted by atomic mass is 32.1. The lowest BCUT2D eigenvalue weighted by molar-refractivity contribution is 0.164. The van der Waals surface area contributed by atoms with E-state index in [1.807, 2.05) is 18.9 Å². The highest BCUT2D eigenvalue weighted by molar-refractivity contribution is 7.18. The van der Waals surface area contributed by atoms with Crippen LogP contribution < -0.4 is 15.9 Å². The fraction of sp³-hybridized carbons (Fsp3) is 0.450. The van der Waals surface area contributed by atoms with Crippen molar-refractivity contribution in [3.05, 3.63) is 35.0 Å². The van der Waals surface area contributed by atoms with Gasteiger partial charge in [-0.2, -0.15) is 4.98 Å². The van der Waals surface area contributed by atoms with E-state index in [2.05, 4.69) is 25.5 Å². The van der Waals surface area contributed by atoms with Crippen LogP contribution in [0.3, 0.4) is 0 Å². The lowest BCUT2D eigenvalue weighted by Crippen LogP contribution is -2.56. The summed E-state index contributed by atoms with van der Waals surface area (Å²) in [5.41, 5.74) is 0.110. The van der Waals surface area contributed by atoms with Gasteiger partial charge in [-0.3, -0.25) is 4.57 Å². The molecule has 2 N–H and O–H groups in total. The maximum atomic E-state index is 15.0. The first kappa shape index (κ1) is 20.0. The quantitative estimate of drug-likeness (QED) is 0.626. The van der Waals surface area contributed by atoms with Crippen molar-refractivity contribution in [2.24, 2.45) is 13.0 Å². The smallest absolute Gasteiger partial charge is 0.350 e. The molecular weight excluding hydrogens is 421 g/mol. The number of nitrogens with one attached hydrogen (secondary N) is 1. The van der Waals surface area contributed by atoms with E-state index in [4.69, 9.17) is 0 Å². The van der Waals surface area contributed by atoms with Crippen molar-refractivity contribution in [1.29, 1.82) is 0 Å². The van der Waals surface area contributed by atoms with Crippen molar-refractivity contribution >= 4 is 16.5 Å². The van der Waals surface area contributed by atoms with Crippen LogP contribution in [0.25, 0.3) is 22.0 Å². The molecule has 162 valence electrons. The first-order valence-corrected chi connectivity index (χ1v) is 10.8. The third kappa shape index (κ3) is 3.19. The van der Waals surface area contributed by atoms with E-state index in [1.165, 1.54) is 28.3 Å². The van der Waals surface area contributed by atoms with Crippen LogP contribution in [0.5, 0.6) is 5.75 Å². The second-order valence-electron chi connectivity index (χ2n) is 8.46. The number of aryl methyl sites for hydroxylation is 1. The molecule has 0 radical (unpaired) electrons. The zero-order valence-corrected chi connectivity index (χ0v) is 18.1. The third-order valence-electron chi connectivity index (χ3n) is 6.35. The van der Waals surface area contributed by atoms with Crippen LogP contribution in [-0.4, -0.2) is 61.2 Å². The molecule has 3 aromatic rings. The van der Waals surface area contributed by atoms with Crippen molar-refractivity contribution in [2.45, 2.75) is 31.1 Å². The summed E-state index contributed by atoms with van der Waals surface area (Å²) in [4.78, 5) is 21.7. The maximum Gasteiger partial charge on any atom is 0.350 e. The Morgan fingerprint density at radius 3 is 2.87 bits per heavy atom. The normalized spacial score (nSPS) is 27.0. The molecule has 1 aliphatic heterocycles. The van der Waals surface area contributed by atoms with Crippen molar-refractivity contribution in [2.75, 3.05) is 18.5 Å². The van der Waals surface area contributed by atoms with E-state index in [1.54, 1.807) is 19.2 Å². The summed E-state index contributed by atoms with van der Waals surface area (Å²) < 4.78 is 16.3. The highest BCUT2D eigenvalue weighted by Gasteiger charge is 2.57. The Bertz CT molecular complexity index is 1210. The second-order valence-corrected chi connectivity index (χ2v) is 9.42. The van der Waals surface area contributed by atoms with Crippen LogP contribution in [-0.2, 0) is 7.05 Å². The molecule has 2 aromatic heterocycles. The first-order valence-electron chi connectivity index (χ1n) is 9.96. The number of fused-ring (bicyclic) bond motifs is 2. The Hall–Kier alpha value is -2.92. The van der Waals surface area contributed by atoms with Crippen LogP contribution >= 0.6 is 11.3 Å². The van der Waals surface area contributed by atoms with Crippen LogP contribution in [0.1, 0.15) is 13.3 Å². The molecule has 0 spiro atoms. The molecule has 1 aromatic carbocycles. The average molecular weight is 444 g/mol. The molecule has 9 nitrogen and oxygen atoms in total. The number of nitrogens with zero attached hydrogens (tertiary/aromatic N) is 6. The molecule has 2 fully saturated rings. The van der Waals surface area contributed by atoms with Crippen LogP contribution in [0.15, 0.2) is 29.3 Å². The Kier molecular flexibility index (Phi) is 4.56. The van der Waals surface area contributed by atoms with Crippen molar-refractivity contribution in [1.82, 2.24) is 30.0 Å². The summed E-state index contributed by atoms with van der Waals surface area (Å²) in [5, 5.41) is 23.5. The summed E-state index contributed by atoms with van der Waals surface area (Å²) in [6.45, 7) is 2.73. The zero-order valence-electron chi connectivity index (χ0n) is 17.3. The van der Waals surface area contributed by atoms with Crippen LogP contribution in [0, 0.1) is 5.92 Å². The molecule has 1 aliphatic carbocycles. The van der Waals surface area contributed by atoms with E-state index in [0.717, 1.165) is 13.0 Å². The molecule has 4 atom stereocenters. The van der Waals surface area contributed by atoms with Gasteiger partial charge in [-0.25, -0.2) is 14.2 Å². The molecule has 2 aliphatic rings. The standard InChI is InChI=1S/C20H22FN7O2S/c1-20-7-11(8-23-20)14(15(20)21)28(3)19-26-25-17(31-19)12-5-4-10(6-13(12)29)16-22-9-27(2)18(30)24-16/h4-6,9,11,14-15,23,29H,7-8H2,1-3H3/t11?,14-,15-,20?/m1/s1. The third-order valence-corrected chi connectivity index (χ3v) is 7.40. The second kappa shape index (κ2) is 7.06. The average Bonchev–Trinajstić information content (AvgIpc) is 3.43. The summed E-state index contributed by atoms with van der Waals surface area (Å²) in [7, 11) is 3.41. The predicted molar refractivity (Wildman–Crippen MR) is 115 cm³/mol. The van der Waals surface area contributed by atoms with Gasteiger partial charge in [0.15, 0.2) is 10.8 Å². The molecule has 1 saturated carbocycles. The SMILES string of the molecule is CN(c1nnc(-c2ccc(-c3ncn(C)c(=O)n3)cc2O)s1)[C@@H]1C2CNC(C)(C2)[C@@H]1F. The number of piperidine rings is 1. The van der Waals surface area contributed by atoms with E-state index in [0.29, 0.717) is 21.3 Å². The summed E-state index contributed by atoms with van der Waals surface area (Å²) >= 11 is 1.30. The largest absolute Gasteiger partial charge is 0.507 e. The van der Waals surface area contributed by atoms with E-state index < -0.39 is 17.4 Å². The van der Waals surface area contributed by atoms with E-state index in [9.17, 15) is 9.90 Å². The molecule has 3 heterocycles. The van der Waals surface area contributed by atoms with Gasteiger partial charge in [0.1, 0.15) is 18.2 Å². The Morgan fingerprint density at radius 2 is 2.19 bits per heavy atom. The Labute approximate surface area is 181 Å². The van der Waals surface area contributed by atoms with Gasteiger partial charge in [0, 0.05) is 31.7 Å². The number of alkyl halides is 1. The van der Waals surface area contributed by atoms with Gasteiger partial charge in [-0.05, 0) is 31.4 Å². The van der Waals surface area contributed by atoms with Gasteiger partial charge in [-0.15, -0.1) is 10.2 Å². The monoisotopic (exact) mass is 443 g/mol. The Balaban J connectivity index is 1.41. The number of aromatic hydroxyl groups is 1. The highest BCUT2D eigenvalue weighted by Crippen LogP contribution is 2.46. The minimum absolute atomic E-state index is 0.0212. The number of anilines is 1. The van der Waals surface area contributed by atoms with Gasteiger partial charge < -0.3 is 15.3 Å². The number of phenolic OH excluding ortho intramolecular Hbond substituents is 1. The molecule has 1 saturated heterocycles. The van der Waals surface area contributed by atoms with Crippen LogP contribution in [0.2, 0.25) is 0 Å². The maximum absolute atomic E-state index is 15.0. The molecule has 11 heteroatoms. The lowest BCUT2D eigenvalue weighted by atomic mass is 9.97. The first-order chi connectivity index (χ1) is 14.8. The number of phenols is 1. The number of hydrogen-bond donors (Lipinski definition) is 2. The fourth-order valence-electron chi connectivity index (χ4n) is 4.61. The van der Waals surface area contributed by atoms with E-state index >= 15 is 4.39 Å². The molecule has 31 heavy (non-hydrogen) atoms. The number of hydrogen-bond acceptors (Lipinski definition) is 9. The number of halogens is 1. The van der Waals surface area contributed by atoms with Crippen molar-refractivity contribution in [3.8, 4) is 27.7 Å². The van der Waals surface area contributed by atoms with Gasteiger partial charge in [0.2, 0.25) is 5.13 Å².